The molecule has 0 radical (unpaired) electrons. The zero-order chi connectivity index (χ0) is 14.2. The Bertz CT molecular complexity index is 648. The lowest BCUT2D eigenvalue weighted by Gasteiger charge is -2.14. The SMILES string of the molecule is O=C(c1ccc([C@H]2CCCO2)s1)N1Cc2ccccc2C1. The van der Waals surface area contributed by atoms with Crippen LogP contribution in [0.4, 0.5) is 0 Å². The van der Waals surface area contributed by atoms with Crippen LogP contribution in [0.25, 0.3) is 0 Å². The maximum atomic E-state index is 12.6. The maximum Gasteiger partial charge on any atom is 0.264 e. The van der Waals surface area contributed by atoms with Gasteiger partial charge in [0.05, 0.1) is 11.0 Å². The van der Waals surface area contributed by atoms with Crippen molar-refractivity contribution in [3.63, 3.8) is 0 Å². The van der Waals surface area contributed by atoms with Crippen molar-refractivity contribution in [2.45, 2.75) is 32.0 Å². The van der Waals surface area contributed by atoms with Gasteiger partial charge in [0.15, 0.2) is 0 Å². The number of amides is 1. The van der Waals surface area contributed by atoms with Crippen LogP contribution in [-0.4, -0.2) is 17.4 Å². The second kappa shape index (κ2) is 5.28. The molecule has 3 heterocycles. The van der Waals surface area contributed by atoms with E-state index in [1.807, 2.05) is 23.1 Å². The molecule has 4 heteroatoms. The highest BCUT2D eigenvalue weighted by Crippen LogP contribution is 2.34. The predicted molar refractivity (Wildman–Crippen MR) is 82.3 cm³/mol. The highest BCUT2D eigenvalue weighted by molar-refractivity contribution is 7.14. The second-order valence-corrected chi connectivity index (χ2v) is 6.75. The molecule has 0 saturated carbocycles. The summed E-state index contributed by atoms with van der Waals surface area (Å²) in [7, 11) is 0. The Balaban J connectivity index is 1.51. The summed E-state index contributed by atoms with van der Waals surface area (Å²) in [5, 5.41) is 0. The van der Waals surface area contributed by atoms with Crippen LogP contribution < -0.4 is 0 Å². The first-order valence-corrected chi connectivity index (χ1v) is 8.20. The second-order valence-electron chi connectivity index (χ2n) is 5.63. The van der Waals surface area contributed by atoms with Gasteiger partial charge < -0.3 is 9.64 Å². The van der Waals surface area contributed by atoms with Crippen molar-refractivity contribution in [1.82, 2.24) is 4.90 Å². The van der Waals surface area contributed by atoms with Crippen LogP contribution in [0.2, 0.25) is 0 Å². The minimum Gasteiger partial charge on any atom is -0.373 e. The molecule has 108 valence electrons. The van der Waals surface area contributed by atoms with Crippen molar-refractivity contribution < 1.29 is 9.53 Å². The van der Waals surface area contributed by atoms with E-state index in [1.165, 1.54) is 16.0 Å². The van der Waals surface area contributed by atoms with E-state index in [0.29, 0.717) is 0 Å². The maximum absolute atomic E-state index is 12.6. The number of thiophene rings is 1. The Labute approximate surface area is 128 Å². The van der Waals surface area contributed by atoms with Gasteiger partial charge in [-0.3, -0.25) is 4.79 Å². The van der Waals surface area contributed by atoms with Crippen LogP contribution in [-0.2, 0) is 17.8 Å². The molecule has 2 aliphatic rings. The quantitative estimate of drug-likeness (QED) is 0.845. The number of ether oxygens (including phenoxy) is 1. The fourth-order valence-corrected chi connectivity index (χ4v) is 4.14. The van der Waals surface area contributed by atoms with Crippen LogP contribution >= 0.6 is 11.3 Å². The highest BCUT2D eigenvalue weighted by Gasteiger charge is 2.26. The van der Waals surface area contributed by atoms with Gasteiger partial charge in [0.2, 0.25) is 0 Å². The lowest BCUT2D eigenvalue weighted by molar-refractivity contribution is 0.0756. The van der Waals surface area contributed by atoms with Crippen LogP contribution in [0.3, 0.4) is 0 Å². The topological polar surface area (TPSA) is 29.5 Å². The van der Waals surface area contributed by atoms with Gasteiger partial charge in [0, 0.05) is 24.6 Å². The van der Waals surface area contributed by atoms with Gasteiger partial charge in [-0.15, -0.1) is 11.3 Å². The van der Waals surface area contributed by atoms with E-state index in [2.05, 4.69) is 18.2 Å². The standard InChI is InChI=1S/C17H17NO2S/c19-17(18-10-12-4-1-2-5-13(12)11-18)16-8-7-15(21-16)14-6-3-9-20-14/h1-2,4-5,7-8,14H,3,6,9-11H2/t14-/m1/s1. The third-order valence-electron chi connectivity index (χ3n) is 4.21. The van der Waals surface area contributed by atoms with E-state index >= 15 is 0 Å². The molecule has 3 nitrogen and oxygen atoms in total. The molecule has 21 heavy (non-hydrogen) atoms. The number of rotatable bonds is 2. The van der Waals surface area contributed by atoms with Gasteiger partial charge in [-0.2, -0.15) is 0 Å². The van der Waals surface area contributed by atoms with Crippen molar-refractivity contribution in [1.29, 1.82) is 0 Å². The summed E-state index contributed by atoms with van der Waals surface area (Å²) < 4.78 is 5.69. The Morgan fingerprint density at radius 3 is 2.57 bits per heavy atom. The normalized spacial score (nSPS) is 20.8. The average Bonchev–Trinajstić information content (AvgIpc) is 3.24. The van der Waals surface area contributed by atoms with Crippen molar-refractivity contribution in [2.75, 3.05) is 6.61 Å². The van der Waals surface area contributed by atoms with E-state index in [4.69, 9.17) is 4.74 Å². The van der Waals surface area contributed by atoms with Crippen LogP contribution in [0.1, 0.15) is 44.6 Å². The molecule has 1 aromatic carbocycles. The molecule has 0 spiro atoms. The van der Waals surface area contributed by atoms with Crippen LogP contribution in [0.5, 0.6) is 0 Å². The third kappa shape index (κ3) is 2.39. The number of hydrogen-bond acceptors (Lipinski definition) is 3. The fraction of sp³-hybridized carbons (Fsp3) is 0.353. The van der Waals surface area contributed by atoms with Gasteiger partial charge in [0.25, 0.3) is 5.91 Å². The first-order chi connectivity index (χ1) is 10.3. The smallest absolute Gasteiger partial charge is 0.264 e. The Kier molecular flexibility index (Phi) is 3.28. The number of carbonyl (C=O) groups excluding carboxylic acids is 1. The summed E-state index contributed by atoms with van der Waals surface area (Å²) >= 11 is 1.59. The number of fused-ring (bicyclic) bond motifs is 1. The minimum absolute atomic E-state index is 0.139. The monoisotopic (exact) mass is 299 g/mol. The number of nitrogens with zero attached hydrogens (tertiary/aromatic N) is 1. The zero-order valence-corrected chi connectivity index (χ0v) is 12.6. The Morgan fingerprint density at radius 2 is 1.90 bits per heavy atom. The van der Waals surface area contributed by atoms with Gasteiger partial charge in [-0.05, 0) is 36.1 Å². The zero-order valence-electron chi connectivity index (χ0n) is 11.7. The fourth-order valence-electron chi connectivity index (χ4n) is 3.08. The summed E-state index contributed by atoms with van der Waals surface area (Å²) in [5.74, 6) is 0.139. The first-order valence-electron chi connectivity index (χ1n) is 7.38. The molecule has 1 fully saturated rings. The predicted octanol–water partition coefficient (Wildman–Crippen LogP) is 3.76. The molecule has 0 N–H and O–H groups in total. The van der Waals surface area contributed by atoms with Gasteiger partial charge in [-0.25, -0.2) is 0 Å². The third-order valence-corrected chi connectivity index (χ3v) is 5.38. The lowest BCUT2D eigenvalue weighted by atomic mass is 10.1. The molecule has 2 aromatic rings. The summed E-state index contributed by atoms with van der Waals surface area (Å²) in [4.78, 5) is 16.6. The van der Waals surface area contributed by atoms with E-state index in [-0.39, 0.29) is 12.0 Å². The summed E-state index contributed by atoms with van der Waals surface area (Å²) in [6.07, 6.45) is 2.39. The minimum atomic E-state index is 0.139. The molecule has 4 rings (SSSR count). The molecule has 1 atom stereocenters. The molecule has 0 aliphatic carbocycles. The van der Waals surface area contributed by atoms with Gasteiger partial charge >= 0.3 is 0 Å². The molecule has 0 bridgehead atoms. The van der Waals surface area contributed by atoms with Gasteiger partial charge in [-0.1, -0.05) is 24.3 Å². The van der Waals surface area contributed by atoms with Crippen LogP contribution in [0.15, 0.2) is 36.4 Å². The summed E-state index contributed by atoms with van der Waals surface area (Å²) in [5.41, 5.74) is 2.53. The molecule has 1 saturated heterocycles. The van der Waals surface area contributed by atoms with E-state index in [9.17, 15) is 4.79 Å². The van der Waals surface area contributed by atoms with E-state index in [0.717, 1.165) is 37.4 Å². The largest absolute Gasteiger partial charge is 0.373 e. The molecular weight excluding hydrogens is 282 g/mol. The molecule has 2 aliphatic heterocycles. The Hall–Kier alpha value is -1.65. The molecule has 1 amide bonds. The highest BCUT2D eigenvalue weighted by atomic mass is 32.1. The average molecular weight is 299 g/mol. The van der Waals surface area contributed by atoms with Crippen molar-refractivity contribution in [2.24, 2.45) is 0 Å². The number of carbonyl (C=O) groups is 1. The molecule has 0 unspecified atom stereocenters. The van der Waals surface area contributed by atoms with Crippen LogP contribution in [0, 0.1) is 0 Å². The molecular formula is C17H17NO2S. The summed E-state index contributed by atoms with van der Waals surface area (Å²) in [6, 6.07) is 12.3. The number of benzene rings is 1. The van der Waals surface area contributed by atoms with Crippen molar-refractivity contribution in [3.05, 3.63) is 57.3 Å². The number of hydrogen-bond donors (Lipinski definition) is 0. The first kappa shape index (κ1) is 13.0. The van der Waals surface area contributed by atoms with E-state index in [1.54, 1.807) is 11.3 Å². The summed E-state index contributed by atoms with van der Waals surface area (Å²) in [6.45, 7) is 2.29. The molecule has 1 aromatic heterocycles. The van der Waals surface area contributed by atoms with Crippen molar-refractivity contribution >= 4 is 17.2 Å². The van der Waals surface area contributed by atoms with Crippen molar-refractivity contribution in [3.8, 4) is 0 Å². The van der Waals surface area contributed by atoms with E-state index < -0.39 is 0 Å². The van der Waals surface area contributed by atoms with Gasteiger partial charge in [0.1, 0.15) is 0 Å². The lowest BCUT2D eigenvalue weighted by Crippen LogP contribution is -2.24. The Morgan fingerprint density at radius 1 is 1.14 bits per heavy atom.